The topological polar surface area (TPSA) is 93.4 Å². The first-order chi connectivity index (χ1) is 11.4. The minimum atomic E-state index is -3.92. The van der Waals surface area contributed by atoms with Crippen LogP contribution in [0.3, 0.4) is 0 Å². The van der Waals surface area contributed by atoms with E-state index in [1.807, 2.05) is 18.2 Å². The summed E-state index contributed by atoms with van der Waals surface area (Å²) in [6, 6.07) is 9.85. The van der Waals surface area contributed by atoms with Crippen LogP contribution < -0.4 is 0 Å². The average molecular weight is 347 g/mol. The highest BCUT2D eigenvalue weighted by Gasteiger charge is 2.38. The first-order valence-electron chi connectivity index (χ1n) is 7.56. The van der Waals surface area contributed by atoms with E-state index in [1.165, 1.54) is 16.4 Å². The number of hydrogen-bond acceptors (Lipinski definition) is 5. The molecule has 0 bridgehead atoms. The van der Waals surface area contributed by atoms with Crippen molar-refractivity contribution in [2.45, 2.75) is 24.2 Å². The monoisotopic (exact) mass is 347 g/mol. The van der Waals surface area contributed by atoms with Gasteiger partial charge in [-0.15, -0.1) is 0 Å². The molecule has 1 atom stereocenters. The van der Waals surface area contributed by atoms with Gasteiger partial charge in [0.2, 0.25) is 10.0 Å². The molecule has 1 aliphatic rings. The number of benzene rings is 1. The van der Waals surface area contributed by atoms with E-state index in [-0.39, 0.29) is 23.0 Å². The van der Waals surface area contributed by atoms with Crippen LogP contribution in [-0.4, -0.2) is 35.7 Å². The van der Waals surface area contributed by atoms with E-state index in [2.05, 4.69) is 4.98 Å². The van der Waals surface area contributed by atoms with Crippen LogP contribution in [0.4, 0.5) is 5.69 Å². The lowest BCUT2D eigenvalue weighted by atomic mass is 10.0. The smallest absolute Gasteiger partial charge is 0.261 e. The summed E-state index contributed by atoms with van der Waals surface area (Å²) < 4.78 is 27.2. The normalized spacial score (nSPS) is 18.6. The lowest BCUT2D eigenvalue weighted by molar-refractivity contribution is -0.387. The van der Waals surface area contributed by atoms with Gasteiger partial charge in [0.1, 0.15) is 0 Å². The molecule has 1 aromatic carbocycles. The molecule has 24 heavy (non-hydrogen) atoms. The highest BCUT2D eigenvalue weighted by atomic mass is 32.2. The molecule has 0 amide bonds. The molecule has 1 aromatic heterocycles. The molecule has 3 rings (SSSR count). The molecule has 1 unspecified atom stereocenters. The third-order valence-electron chi connectivity index (χ3n) is 4.24. The van der Waals surface area contributed by atoms with E-state index in [1.54, 1.807) is 19.2 Å². The highest BCUT2D eigenvalue weighted by molar-refractivity contribution is 7.89. The van der Waals surface area contributed by atoms with Gasteiger partial charge >= 0.3 is 0 Å². The minimum absolute atomic E-state index is 0.00375. The Balaban J connectivity index is 1.95. The maximum absolute atomic E-state index is 13.0. The number of sulfonamides is 1. The Hall–Kier alpha value is -2.32. The number of nitrogens with zero attached hydrogens (tertiary/aromatic N) is 3. The predicted octanol–water partition coefficient (Wildman–Crippen LogP) is 2.48. The molecule has 8 heteroatoms. The Bertz CT molecular complexity index is 868. The van der Waals surface area contributed by atoms with Gasteiger partial charge in [-0.3, -0.25) is 15.1 Å². The number of hydrogen-bond donors (Lipinski definition) is 0. The molecule has 0 radical (unpaired) electrons. The number of aryl methyl sites for hydroxylation is 1. The van der Waals surface area contributed by atoms with Crippen molar-refractivity contribution in [3.05, 3.63) is 64.0 Å². The summed E-state index contributed by atoms with van der Waals surface area (Å²) in [5.74, 6) is 0.00375. The van der Waals surface area contributed by atoms with Crippen LogP contribution in [-0.2, 0) is 10.0 Å². The zero-order chi connectivity index (χ0) is 17.3. The molecule has 0 saturated carbocycles. The molecule has 0 N–H and O–H groups in total. The maximum atomic E-state index is 13.0. The van der Waals surface area contributed by atoms with Gasteiger partial charge in [-0.05, 0) is 31.0 Å². The van der Waals surface area contributed by atoms with Crippen molar-refractivity contribution in [1.29, 1.82) is 0 Å². The molecular formula is C16H17N3O4S. The zero-order valence-electron chi connectivity index (χ0n) is 13.1. The summed E-state index contributed by atoms with van der Waals surface area (Å²) in [5.41, 5.74) is 0.844. The molecule has 1 fully saturated rings. The fourth-order valence-electron chi connectivity index (χ4n) is 3.05. The molecular weight excluding hydrogens is 330 g/mol. The number of aromatic nitrogens is 1. The largest absolute Gasteiger partial charge is 0.289 e. The number of rotatable bonds is 4. The summed E-state index contributed by atoms with van der Waals surface area (Å²) in [4.78, 5) is 14.7. The van der Waals surface area contributed by atoms with Crippen LogP contribution in [0.15, 0.2) is 47.5 Å². The van der Waals surface area contributed by atoms with Crippen LogP contribution >= 0.6 is 0 Å². The molecule has 126 valence electrons. The van der Waals surface area contributed by atoms with E-state index in [9.17, 15) is 18.5 Å². The fourth-order valence-corrected chi connectivity index (χ4v) is 4.91. The summed E-state index contributed by atoms with van der Waals surface area (Å²) in [6.07, 6.45) is 2.33. The van der Waals surface area contributed by atoms with Crippen molar-refractivity contribution in [2.24, 2.45) is 0 Å². The van der Waals surface area contributed by atoms with Crippen molar-refractivity contribution >= 4 is 15.7 Å². The summed E-state index contributed by atoms with van der Waals surface area (Å²) in [7, 11) is -3.92. The van der Waals surface area contributed by atoms with E-state index in [0.29, 0.717) is 18.5 Å². The number of nitro benzene ring substituents is 1. The van der Waals surface area contributed by atoms with E-state index < -0.39 is 14.9 Å². The van der Waals surface area contributed by atoms with Crippen molar-refractivity contribution in [2.75, 3.05) is 13.1 Å². The Labute approximate surface area is 140 Å². The quantitative estimate of drug-likeness (QED) is 0.625. The number of pyridine rings is 1. The third kappa shape index (κ3) is 2.90. The molecule has 2 aromatic rings. The lowest BCUT2D eigenvalue weighted by Crippen LogP contribution is -2.30. The Kier molecular flexibility index (Phi) is 4.33. The standard InChI is InChI=1S/C16H17N3O4S/c1-12-5-4-7-15(19(20)21)16(12)24(22,23)18-10-8-13(11-18)14-6-2-3-9-17-14/h2-7,9,13H,8,10-11H2,1H3. The minimum Gasteiger partial charge on any atom is -0.261 e. The lowest BCUT2D eigenvalue weighted by Gasteiger charge is -2.18. The predicted molar refractivity (Wildman–Crippen MR) is 88.2 cm³/mol. The van der Waals surface area contributed by atoms with Gasteiger partial charge in [0.15, 0.2) is 4.90 Å². The summed E-state index contributed by atoms with van der Waals surface area (Å²) >= 11 is 0. The van der Waals surface area contributed by atoms with Gasteiger partial charge in [-0.25, -0.2) is 8.42 Å². The van der Waals surface area contributed by atoms with Gasteiger partial charge in [-0.1, -0.05) is 18.2 Å². The first-order valence-corrected chi connectivity index (χ1v) is 9.00. The van der Waals surface area contributed by atoms with Gasteiger partial charge in [0.25, 0.3) is 5.69 Å². The van der Waals surface area contributed by atoms with Gasteiger partial charge in [-0.2, -0.15) is 4.31 Å². The Morgan fingerprint density at radius 3 is 2.71 bits per heavy atom. The fraction of sp³-hybridized carbons (Fsp3) is 0.312. The van der Waals surface area contributed by atoms with Crippen molar-refractivity contribution in [1.82, 2.24) is 9.29 Å². The third-order valence-corrected chi connectivity index (χ3v) is 6.30. The van der Waals surface area contributed by atoms with Crippen LogP contribution in [0.1, 0.15) is 23.6 Å². The van der Waals surface area contributed by atoms with Crippen LogP contribution in [0.2, 0.25) is 0 Å². The number of nitro groups is 1. The second-order valence-corrected chi connectivity index (χ2v) is 7.66. The molecule has 7 nitrogen and oxygen atoms in total. The Morgan fingerprint density at radius 1 is 1.25 bits per heavy atom. The van der Waals surface area contributed by atoms with Crippen molar-refractivity contribution in [3.8, 4) is 0 Å². The first kappa shape index (κ1) is 16.5. The van der Waals surface area contributed by atoms with E-state index in [0.717, 1.165) is 5.69 Å². The molecule has 1 aliphatic heterocycles. The van der Waals surface area contributed by atoms with E-state index in [4.69, 9.17) is 0 Å². The van der Waals surface area contributed by atoms with Gasteiger partial charge < -0.3 is 0 Å². The Morgan fingerprint density at radius 2 is 2.04 bits per heavy atom. The van der Waals surface area contributed by atoms with Gasteiger partial charge in [0, 0.05) is 37.0 Å². The zero-order valence-corrected chi connectivity index (χ0v) is 13.9. The van der Waals surface area contributed by atoms with Crippen LogP contribution in [0.25, 0.3) is 0 Å². The molecule has 0 spiro atoms. The van der Waals surface area contributed by atoms with Crippen LogP contribution in [0.5, 0.6) is 0 Å². The summed E-state index contributed by atoms with van der Waals surface area (Å²) in [5, 5.41) is 11.2. The van der Waals surface area contributed by atoms with Gasteiger partial charge in [0.05, 0.1) is 4.92 Å². The molecule has 2 heterocycles. The second-order valence-electron chi connectivity index (χ2n) is 5.78. The molecule has 1 saturated heterocycles. The summed E-state index contributed by atoms with van der Waals surface area (Å²) in [6.45, 7) is 2.19. The second kappa shape index (κ2) is 6.29. The van der Waals surface area contributed by atoms with Crippen molar-refractivity contribution < 1.29 is 13.3 Å². The molecule has 0 aliphatic carbocycles. The average Bonchev–Trinajstić information content (AvgIpc) is 3.06. The highest BCUT2D eigenvalue weighted by Crippen LogP contribution is 2.34. The maximum Gasteiger partial charge on any atom is 0.289 e. The van der Waals surface area contributed by atoms with Crippen LogP contribution in [0, 0.1) is 17.0 Å². The van der Waals surface area contributed by atoms with Crippen molar-refractivity contribution in [3.63, 3.8) is 0 Å². The SMILES string of the molecule is Cc1cccc([N+](=O)[O-])c1S(=O)(=O)N1CCC(c2ccccn2)C1. The van der Waals surface area contributed by atoms with E-state index >= 15 is 0 Å².